The molecule has 16 heavy (non-hydrogen) atoms. The molecule has 0 fully saturated rings. The topological polar surface area (TPSA) is 70.5 Å². The first-order valence-corrected chi connectivity index (χ1v) is 4.82. The molecule has 0 radical (unpaired) electrons. The minimum atomic E-state index is -3.39. The van der Waals surface area contributed by atoms with E-state index in [0.717, 1.165) is 0 Å². The quantitative estimate of drug-likeness (QED) is 0.561. The van der Waals surface area contributed by atoms with Gasteiger partial charge in [0.25, 0.3) is 0 Å². The molecule has 4 nitrogen and oxygen atoms in total. The van der Waals surface area contributed by atoms with E-state index in [9.17, 15) is 8.78 Å². The number of rotatable bonds is 0. The van der Waals surface area contributed by atoms with Crippen LogP contribution >= 0.6 is 23.2 Å². The van der Waals surface area contributed by atoms with Gasteiger partial charge in [0.05, 0.1) is 5.69 Å². The van der Waals surface area contributed by atoms with Crippen molar-refractivity contribution >= 4 is 34.6 Å². The zero-order valence-corrected chi connectivity index (χ0v) is 9.15. The van der Waals surface area contributed by atoms with Gasteiger partial charge in [-0.25, -0.2) is 0 Å². The Morgan fingerprint density at radius 3 is 2.25 bits per heavy atom. The van der Waals surface area contributed by atoms with Crippen LogP contribution in [-0.4, -0.2) is 10.6 Å². The lowest BCUT2D eigenvalue weighted by molar-refractivity contribution is -0.179. The lowest BCUT2D eigenvalue weighted by Gasteiger charge is -2.35. The molecule has 1 aliphatic heterocycles. The number of anilines is 2. The minimum absolute atomic E-state index is 0.104. The molecule has 8 heteroatoms. The Bertz CT molecular complexity index is 454. The number of benzene rings is 1. The van der Waals surface area contributed by atoms with E-state index >= 15 is 0 Å². The first-order valence-electron chi connectivity index (χ1n) is 4.06. The number of nitrogens with two attached hydrogens (primary N) is 2. The van der Waals surface area contributed by atoms with Crippen molar-refractivity contribution in [3.8, 4) is 11.5 Å². The molecule has 1 aliphatic rings. The molecular formula is C8H6Cl2F2N2O2. The van der Waals surface area contributed by atoms with Crippen LogP contribution in [0.4, 0.5) is 20.2 Å². The summed E-state index contributed by atoms with van der Waals surface area (Å²) in [6.45, 7) is 0. The Hall–Kier alpha value is -1.14. The van der Waals surface area contributed by atoms with Crippen molar-refractivity contribution in [1.82, 2.24) is 0 Å². The van der Waals surface area contributed by atoms with Crippen molar-refractivity contribution in [2.45, 2.75) is 10.6 Å². The predicted molar refractivity (Wildman–Crippen MR) is 55.9 cm³/mol. The number of halogens is 4. The van der Waals surface area contributed by atoms with Gasteiger partial charge in [0, 0.05) is 0 Å². The summed E-state index contributed by atoms with van der Waals surface area (Å²) in [5, 5.41) is -6.73. The van der Waals surface area contributed by atoms with E-state index in [1.165, 1.54) is 12.1 Å². The van der Waals surface area contributed by atoms with Crippen molar-refractivity contribution in [3.05, 3.63) is 12.1 Å². The fourth-order valence-electron chi connectivity index (χ4n) is 1.17. The molecule has 1 aromatic carbocycles. The van der Waals surface area contributed by atoms with Gasteiger partial charge in [0.1, 0.15) is 5.69 Å². The third kappa shape index (κ3) is 1.49. The number of hydrogen-bond acceptors (Lipinski definition) is 4. The van der Waals surface area contributed by atoms with Gasteiger partial charge in [-0.1, -0.05) is 0 Å². The van der Waals surface area contributed by atoms with Crippen molar-refractivity contribution in [1.29, 1.82) is 0 Å². The Balaban J connectivity index is 2.56. The van der Waals surface area contributed by atoms with E-state index in [4.69, 9.17) is 34.7 Å². The first kappa shape index (κ1) is 11.3. The molecule has 2 atom stereocenters. The normalized spacial score (nSPS) is 32.5. The van der Waals surface area contributed by atoms with Crippen molar-refractivity contribution < 1.29 is 18.3 Å². The molecule has 2 rings (SSSR count). The van der Waals surface area contributed by atoms with Gasteiger partial charge in [-0.3, -0.25) is 0 Å². The highest BCUT2D eigenvalue weighted by Crippen LogP contribution is 2.52. The molecule has 0 spiro atoms. The summed E-state index contributed by atoms with van der Waals surface area (Å²) in [6, 6.07) is 2.58. The summed E-state index contributed by atoms with van der Waals surface area (Å²) >= 11 is 10.2. The minimum Gasteiger partial charge on any atom is -0.435 e. The van der Waals surface area contributed by atoms with E-state index in [2.05, 4.69) is 9.47 Å². The second kappa shape index (κ2) is 3.18. The maximum absolute atomic E-state index is 13.5. The van der Waals surface area contributed by atoms with E-state index in [-0.39, 0.29) is 22.9 Å². The molecule has 0 saturated heterocycles. The summed E-state index contributed by atoms with van der Waals surface area (Å²) < 4.78 is 35.9. The summed E-state index contributed by atoms with van der Waals surface area (Å²) in [5.74, 6) is -0.468. The highest BCUT2D eigenvalue weighted by molar-refractivity contribution is 6.32. The average molecular weight is 271 g/mol. The van der Waals surface area contributed by atoms with Crippen LogP contribution in [0.5, 0.6) is 11.5 Å². The van der Waals surface area contributed by atoms with Crippen LogP contribution in [-0.2, 0) is 0 Å². The highest BCUT2D eigenvalue weighted by atomic mass is 35.5. The molecule has 0 aromatic heterocycles. The lowest BCUT2D eigenvalue weighted by Crippen LogP contribution is -2.50. The van der Waals surface area contributed by atoms with Gasteiger partial charge in [0.2, 0.25) is 0 Å². The fourth-order valence-corrected chi connectivity index (χ4v) is 1.40. The largest absolute Gasteiger partial charge is 0.435 e. The van der Waals surface area contributed by atoms with Gasteiger partial charge in [-0.15, -0.1) is 0 Å². The Kier molecular flexibility index (Phi) is 2.25. The standard InChI is InChI=1S/C8H6Cl2F2N2O2/c9-7(11)8(10,12)16-6-4(15-7)2-1-3(13)5(6)14/h1-2H,13-14H2. The Morgan fingerprint density at radius 1 is 1.06 bits per heavy atom. The molecule has 0 amide bonds. The predicted octanol–water partition coefficient (Wildman–Crippen LogP) is 2.35. The van der Waals surface area contributed by atoms with Crippen molar-refractivity contribution in [2.75, 3.05) is 11.5 Å². The van der Waals surface area contributed by atoms with Gasteiger partial charge in [0.15, 0.2) is 11.5 Å². The Morgan fingerprint density at radius 2 is 1.62 bits per heavy atom. The molecule has 0 saturated carbocycles. The third-order valence-electron chi connectivity index (χ3n) is 2.00. The summed E-state index contributed by atoms with van der Waals surface area (Å²) in [5.41, 5.74) is 11.0. The number of alkyl halides is 4. The second-order valence-corrected chi connectivity index (χ2v) is 4.11. The van der Waals surface area contributed by atoms with Gasteiger partial charge in [-0.05, 0) is 35.3 Å². The second-order valence-electron chi connectivity index (χ2n) is 3.13. The number of nitrogen functional groups attached to an aromatic ring is 2. The molecule has 2 unspecified atom stereocenters. The lowest BCUT2D eigenvalue weighted by atomic mass is 10.2. The van der Waals surface area contributed by atoms with Gasteiger partial charge >= 0.3 is 10.6 Å². The van der Waals surface area contributed by atoms with Crippen LogP contribution < -0.4 is 20.9 Å². The van der Waals surface area contributed by atoms with E-state index in [1.54, 1.807) is 0 Å². The van der Waals surface area contributed by atoms with Crippen molar-refractivity contribution in [2.24, 2.45) is 0 Å². The zero-order chi connectivity index (χ0) is 12.1. The first-order chi connectivity index (χ1) is 7.24. The number of fused-ring (bicyclic) bond motifs is 1. The third-order valence-corrected chi connectivity index (χ3v) is 2.74. The van der Waals surface area contributed by atoms with E-state index in [0.29, 0.717) is 0 Å². The van der Waals surface area contributed by atoms with Gasteiger partial charge in [-0.2, -0.15) is 8.78 Å². The maximum atomic E-state index is 13.5. The fraction of sp³-hybridized carbons (Fsp3) is 0.250. The van der Waals surface area contributed by atoms with Crippen LogP contribution in [0.2, 0.25) is 0 Å². The van der Waals surface area contributed by atoms with Crippen LogP contribution in [0, 0.1) is 0 Å². The Labute approximate surface area is 99.0 Å². The zero-order valence-electron chi connectivity index (χ0n) is 7.64. The van der Waals surface area contributed by atoms with Crippen LogP contribution in [0.3, 0.4) is 0 Å². The maximum Gasteiger partial charge on any atom is 0.414 e. The molecule has 0 aliphatic carbocycles. The molecule has 0 bridgehead atoms. The van der Waals surface area contributed by atoms with Crippen LogP contribution in [0.1, 0.15) is 0 Å². The van der Waals surface area contributed by atoms with Gasteiger partial charge < -0.3 is 20.9 Å². The molecule has 88 valence electrons. The molecule has 4 N–H and O–H groups in total. The van der Waals surface area contributed by atoms with E-state index < -0.39 is 10.6 Å². The summed E-state index contributed by atoms with van der Waals surface area (Å²) in [6.07, 6.45) is 0. The summed E-state index contributed by atoms with van der Waals surface area (Å²) in [7, 11) is 0. The monoisotopic (exact) mass is 270 g/mol. The van der Waals surface area contributed by atoms with Crippen molar-refractivity contribution in [3.63, 3.8) is 0 Å². The molecule has 1 heterocycles. The highest BCUT2D eigenvalue weighted by Gasteiger charge is 2.61. The number of ether oxygens (including phenoxy) is 2. The summed E-state index contributed by atoms with van der Waals surface area (Å²) in [4.78, 5) is 0. The average Bonchev–Trinajstić information content (AvgIpc) is 2.15. The smallest absolute Gasteiger partial charge is 0.414 e. The van der Waals surface area contributed by atoms with E-state index in [1.807, 2.05) is 0 Å². The van der Waals surface area contributed by atoms with Crippen LogP contribution in [0.25, 0.3) is 0 Å². The number of hydrogen-bond donors (Lipinski definition) is 2. The molecule has 1 aromatic rings. The SMILES string of the molecule is Nc1ccc2c(c1N)OC(F)(Cl)C(F)(Cl)O2. The van der Waals surface area contributed by atoms with Crippen LogP contribution in [0.15, 0.2) is 12.1 Å². The molecular weight excluding hydrogens is 265 g/mol.